The number of rotatable bonds is 6. The van der Waals surface area contributed by atoms with Gasteiger partial charge in [0.15, 0.2) is 17.0 Å². The van der Waals surface area contributed by atoms with Crippen molar-refractivity contribution in [2.75, 3.05) is 23.1 Å². The number of aromatic nitrogens is 4. The molecule has 3 aromatic carbocycles. The highest BCUT2D eigenvalue weighted by Gasteiger charge is 2.20. The van der Waals surface area contributed by atoms with Gasteiger partial charge in [-0.25, -0.2) is 19.7 Å². The highest BCUT2D eigenvalue weighted by Crippen LogP contribution is 2.34. The first-order chi connectivity index (χ1) is 20.3. The number of anilines is 3. The number of urea groups is 1. The van der Waals surface area contributed by atoms with E-state index in [0.29, 0.717) is 23.2 Å². The highest BCUT2D eigenvalue weighted by atomic mass is 16.5. The summed E-state index contributed by atoms with van der Waals surface area (Å²) >= 11 is 0. The topological polar surface area (TPSA) is 106 Å². The van der Waals surface area contributed by atoms with Gasteiger partial charge >= 0.3 is 6.03 Å². The molecule has 1 fully saturated rings. The Kier molecular flexibility index (Phi) is 7.41. The molecule has 0 radical (unpaired) electrons. The molecule has 1 aliphatic rings. The zero-order chi connectivity index (χ0) is 29.3. The van der Waals surface area contributed by atoms with Gasteiger partial charge in [-0.2, -0.15) is 0 Å². The molecular formula is C33H37N7O2. The van der Waals surface area contributed by atoms with Crippen LogP contribution in [0.15, 0.2) is 67.3 Å². The second kappa shape index (κ2) is 11.3. The molecule has 5 aromatic rings. The number of fused-ring (bicyclic) bond motifs is 2. The predicted molar refractivity (Wildman–Crippen MR) is 169 cm³/mol. The van der Waals surface area contributed by atoms with Crippen molar-refractivity contribution < 1.29 is 9.53 Å². The number of methoxy groups -OCH3 is 1. The van der Waals surface area contributed by atoms with Crippen molar-refractivity contribution in [1.82, 2.24) is 19.5 Å². The van der Waals surface area contributed by atoms with Crippen molar-refractivity contribution in [3.8, 4) is 11.4 Å². The summed E-state index contributed by atoms with van der Waals surface area (Å²) in [4.78, 5) is 27.1. The van der Waals surface area contributed by atoms with Crippen molar-refractivity contribution in [3.63, 3.8) is 0 Å². The second-order valence-corrected chi connectivity index (χ2v) is 11.9. The third-order valence-electron chi connectivity index (χ3n) is 8.00. The van der Waals surface area contributed by atoms with E-state index in [1.165, 1.54) is 19.3 Å². The van der Waals surface area contributed by atoms with Gasteiger partial charge in [0.25, 0.3) is 0 Å². The molecule has 2 amide bonds. The molecule has 1 aliphatic carbocycles. The fraction of sp³-hybridized carbons (Fsp3) is 0.333. The number of carbonyl (C=O) groups is 1. The molecule has 0 bridgehead atoms. The monoisotopic (exact) mass is 563 g/mol. The lowest BCUT2D eigenvalue weighted by atomic mass is 9.87. The molecule has 1 saturated carbocycles. The summed E-state index contributed by atoms with van der Waals surface area (Å²) < 4.78 is 7.50. The quantitative estimate of drug-likeness (QED) is 0.196. The fourth-order valence-corrected chi connectivity index (χ4v) is 5.71. The molecule has 216 valence electrons. The first-order valence-corrected chi connectivity index (χ1v) is 14.5. The van der Waals surface area contributed by atoms with Crippen LogP contribution in [0.25, 0.3) is 27.6 Å². The standard InChI is InChI=1S/C33H37N7O2/c1-33(2,3)21-14-17-28(42-4)26(18-21)39-32(41)38-25-15-16-27(24-13-9-8-12-23(24)25)40-20-36-29-30(34-19-35-31(29)40)37-22-10-6-5-7-11-22/h8-9,12-20,22H,5-7,10-11H2,1-4H3,(H,34,35,37)(H2,38,39,41). The van der Waals surface area contributed by atoms with Crippen LogP contribution < -0.4 is 20.7 Å². The van der Waals surface area contributed by atoms with E-state index in [1.807, 2.05) is 59.2 Å². The molecular weight excluding hydrogens is 526 g/mol. The Hall–Kier alpha value is -4.66. The molecule has 2 aromatic heterocycles. The highest BCUT2D eigenvalue weighted by molar-refractivity contribution is 6.08. The Morgan fingerprint density at radius 3 is 2.43 bits per heavy atom. The van der Waals surface area contributed by atoms with E-state index in [1.54, 1.807) is 19.8 Å². The Morgan fingerprint density at radius 1 is 0.905 bits per heavy atom. The van der Waals surface area contributed by atoms with Crippen LogP contribution in [-0.2, 0) is 5.41 Å². The van der Waals surface area contributed by atoms with Crippen molar-refractivity contribution >= 4 is 45.2 Å². The average molecular weight is 564 g/mol. The van der Waals surface area contributed by atoms with Crippen molar-refractivity contribution in [3.05, 3.63) is 72.8 Å². The number of imidazole rings is 1. The Morgan fingerprint density at radius 2 is 1.67 bits per heavy atom. The molecule has 9 nitrogen and oxygen atoms in total. The number of ether oxygens (including phenoxy) is 1. The van der Waals surface area contributed by atoms with Crippen LogP contribution in [0.3, 0.4) is 0 Å². The van der Waals surface area contributed by atoms with E-state index >= 15 is 0 Å². The lowest BCUT2D eigenvalue weighted by Crippen LogP contribution is -2.23. The third kappa shape index (κ3) is 5.46. The number of hydrogen-bond donors (Lipinski definition) is 3. The maximum absolute atomic E-state index is 13.2. The van der Waals surface area contributed by atoms with Crippen LogP contribution in [0.4, 0.5) is 22.0 Å². The van der Waals surface area contributed by atoms with Gasteiger partial charge < -0.3 is 20.7 Å². The number of benzene rings is 3. The van der Waals surface area contributed by atoms with Gasteiger partial charge in [0.2, 0.25) is 0 Å². The molecule has 3 N–H and O–H groups in total. The molecule has 42 heavy (non-hydrogen) atoms. The van der Waals surface area contributed by atoms with Crippen LogP contribution in [-0.4, -0.2) is 38.7 Å². The van der Waals surface area contributed by atoms with Crippen LogP contribution in [0.1, 0.15) is 58.4 Å². The SMILES string of the molecule is COc1ccc(C(C)(C)C)cc1NC(=O)Nc1ccc(-n2cnc3c(NC4CCCCC4)ncnc32)c2ccccc12. The van der Waals surface area contributed by atoms with Gasteiger partial charge in [-0.15, -0.1) is 0 Å². The number of amides is 2. The van der Waals surface area contributed by atoms with Crippen LogP contribution in [0, 0.1) is 0 Å². The van der Waals surface area contributed by atoms with Crippen LogP contribution >= 0.6 is 0 Å². The van der Waals surface area contributed by atoms with Crippen molar-refractivity contribution in [2.45, 2.75) is 64.3 Å². The first kappa shape index (κ1) is 27.5. The first-order valence-electron chi connectivity index (χ1n) is 14.5. The van der Waals surface area contributed by atoms with E-state index in [2.05, 4.69) is 46.7 Å². The van der Waals surface area contributed by atoms with Gasteiger partial charge in [0.1, 0.15) is 18.4 Å². The summed E-state index contributed by atoms with van der Waals surface area (Å²) in [7, 11) is 1.60. The van der Waals surface area contributed by atoms with Gasteiger partial charge in [-0.3, -0.25) is 4.57 Å². The normalized spacial score (nSPS) is 14.2. The molecule has 6 rings (SSSR count). The van der Waals surface area contributed by atoms with Crippen LogP contribution in [0.2, 0.25) is 0 Å². The van der Waals surface area contributed by atoms with E-state index in [0.717, 1.165) is 51.8 Å². The maximum Gasteiger partial charge on any atom is 0.323 e. The lowest BCUT2D eigenvalue weighted by Gasteiger charge is -2.23. The minimum atomic E-state index is -0.350. The molecule has 0 spiro atoms. The number of nitrogens with zero attached hydrogens (tertiary/aromatic N) is 4. The summed E-state index contributed by atoms with van der Waals surface area (Å²) in [5.41, 5.74) is 4.74. The van der Waals surface area contributed by atoms with Crippen LogP contribution in [0.5, 0.6) is 5.75 Å². The van der Waals surface area contributed by atoms with Gasteiger partial charge in [0.05, 0.1) is 24.2 Å². The number of carbonyl (C=O) groups excluding carboxylic acids is 1. The molecule has 2 heterocycles. The van der Waals surface area contributed by atoms with E-state index < -0.39 is 0 Å². The van der Waals surface area contributed by atoms with E-state index in [9.17, 15) is 4.79 Å². The van der Waals surface area contributed by atoms with E-state index in [4.69, 9.17) is 9.72 Å². The summed E-state index contributed by atoms with van der Waals surface area (Å²) in [6.07, 6.45) is 9.45. The average Bonchev–Trinajstić information content (AvgIpc) is 3.42. The Bertz CT molecular complexity index is 1750. The Labute approximate surface area is 245 Å². The molecule has 0 aliphatic heterocycles. The summed E-state index contributed by atoms with van der Waals surface area (Å²) in [5, 5.41) is 11.5. The lowest BCUT2D eigenvalue weighted by molar-refractivity contribution is 0.262. The fourth-order valence-electron chi connectivity index (χ4n) is 5.71. The largest absolute Gasteiger partial charge is 0.495 e. The summed E-state index contributed by atoms with van der Waals surface area (Å²) in [6, 6.07) is 17.8. The van der Waals surface area contributed by atoms with E-state index in [-0.39, 0.29) is 11.4 Å². The van der Waals surface area contributed by atoms with Crippen molar-refractivity contribution in [1.29, 1.82) is 0 Å². The predicted octanol–water partition coefficient (Wildman–Crippen LogP) is 7.66. The van der Waals surface area contributed by atoms with Gasteiger partial charge in [-0.05, 0) is 48.1 Å². The zero-order valence-corrected chi connectivity index (χ0v) is 24.6. The molecule has 0 atom stereocenters. The Balaban J connectivity index is 1.30. The smallest absolute Gasteiger partial charge is 0.323 e. The molecule has 9 heteroatoms. The molecule has 0 unspecified atom stereocenters. The zero-order valence-electron chi connectivity index (χ0n) is 24.6. The van der Waals surface area contributed by atoms with Crippen molar-refractivity contribution in [2.24, 2.45) is 0 Å². The minimum absolute atomic E-state index is 0.0691. The maximum atomic E-state index is 13.2. The summed E-state index contributed by atoms with van der Waals surface area (Å²) in [5.74, 6) is 1.38. The van der Waals surface area contributed by atoms with Gasteiger partial charge in [-0.1, -0.05) is 70.4 Å². The van der Waals surface area contributed by atoms with Gasteiger partial charge in [0, 0.05) is 16.8 Å². The third-order valence-corrected chi connectivity index (χ3v) is 8.00. The molecule has 0 saturated heterocycles. The minimum Gasteiger partial charge on any atom is -0.495 e. The summed E-state index contributed by atoms with van der Waals surface area (Å²) in [6.45, 7) is 6.40. The number of nitrogens with one attached hydrogen (secondary N) is 3. The number of hydrogen-bond acceptors (Lipinski definition) is 6. The second-order valence-electron chi connectivity index (χ2n) is 11.9.